The van der Waals surface area contributed by atoms with Crippen molar-refractivity contribution in [3.8, 4) is 5.75 Å². The van der Waals surface area contributed by atoms with E-state index in [0.29, 0.717) is 19.4 Å². The van der Waals surface area contributed by atoms with Gasteiger partial charge in [-0.2, -0.15) is 0 Å². The fraction of sp³-hybridized carbons (Fsp3) is 0.538. The summed E-state index contributed by atoms with van der Waals surface area (Å²) in [6.45, 7) is 2.56. The zero-order valence-electron chi connectivity index (χ0n) is 10.0. The lowest BCUT2D eigenvalue weighted by atomic mass is 10.1. The maximum absolute atomic E-state index is 9.35. The summed E-state index contributed by atoms with van der Waals surface area (Å²) in [7, 11) is 0. The van der Waals surface area contributed by atoms with Crippen LogP contribution >= 0.6 is 15.9 Å². The standard InChI is InChI=1S/C13H19BrO3/c1-2-7-17-13-6-4-11(14)8-10(13)3-5-12(16)9-15/h4,6,8,12,15-16H,2-3,5,7,9H2,1H3. The molecule has 1 aromatic carbocycles. The van der Waals surface area contributed by atoms with Gasteiger partial charge in [-0.3, -0.25) is 0 Å². The van der Waals surface area contributed by atoms with Gasteiger partial charge in [-0.05, 0) is 43.0 Å². The topological polar surface area (TPSA) is 49.7 Å². The van der Waals surface area contributed by atoms with Gasteiger partial charge in [-0.15, -0.1) is 0 Å². The van der Waals surface area contributed by atoms with E-state index < -0.39 is 6.10 Å². The molecule has 1 rings (SSSR count). The van der Waals surface area contributed by atoms with Crippen molar-refractivity contribution >= 4 is 15.9 Å². The van der Waals surface area contributed by atoms with Gasteiger partial charge in [0.1, 0.15) is 5.75 Å². The number of ether oxygens (including phenoxy) is 1. The summed E-state index contributed by atoms with van der Waals surface area (Å²) < 4.78 is 6.64. The number of aliphatic hydroxyl groups is 2. The Hall–Kier alpha value is -0.580. The fourth-order valence-electron chi connectivity index (χ4n) is 1.51. The third kappa shape index (κ3) is 5.06. The first-order chi connectivity index (χ1) is 8.17. The molecule has 0 aliphatic rings. The van der Waals surface area contributed by atoms with Crippen LogP contribution in [0.1, 0.15) is 25.3 Å². The van der Waals surface area contributed by atoms with E-state index in [0.717, 1.165) is 22.2 Å². The molecule has 1 aromatic rings. The summed E-state index contributed by atoms with van der Waals surface area (Å²) in [4.78, 5) is 0. The number of hydrogen-bond acceptors (Lipinski definition) is 3. The molecule has 0 fully saturated rings. The molecule has 1 atom stereocenters. The molecule has 0 heterocycles. The normalized spacial score (nSPS) is 12.5. The molecule has 0 saturated heterocycles. The first kappa shape index (κ1) is 14.5. The third-order valence-electron chi connectivity index (χ3n) is 2.44. The quantitative estimate of drug-likeness (QED) is 0.814. The van der Waals surface area contributed by atoms with Gasteiger partial charge in [0.2, 0.25) is 0 Å². The van der Waals surface area contributed by atoms with Gasteiger partial charge < -0.3 is 14.9 Å². The second kappa shape index (κ2) is 7.69. The van der Waals surface area contributed by atoms with Crippen molar-refractivity contribution in [2.45, 2.75) is 32.3 Å². The molecule has 0 radical (unpaired) electrons. The predicted molar refractivity (Wildman–Crippen MR) is 71.3 cm³/mol. The molecule has 96 valence electrons. The Bertz CT molecular complexity index is 341. The maximum Gasteiger partial charge on any atom is 0.122 e. The lowest BCUT2D eigenvalue weighted by Gasteiger charge is -2.13. The Morgan fingerprint density at radius 1 is 1.41 bits per heavy atom. The van der Waals surface area contributed by atoms with Crippen molar-refractivity contribution < 1.29 is 14.9 Å². The molecule has 2 N–H and O–H groups in total. The highest BCUT2D eigenvalue weighted by molar-refractivity contribution is 9.10. The van der Waals surface area contributed by atoms with Crippen molar-refractivity contribution in [3.63, 3.8) is 0 Å². The van der Waals surface area contributed by atoms with Crippen molar-refractivity contribution in [3.05, 3.63) is 28.2 Å². The van der Waals surface area contributed by atoms with Crippen molar-refractivity contribution in [2.75, 3.05) is 13.2 Å². The van der Waals surface area contributed by atoms with Gasteiger partial charge in [0.15, 0.2) is 0 Å². The van der Waals surface area contributed by atoms with Crippen LogP contribution in [0.25, 0.3) is 0 Å². The second-order valence-corrected chi connectivity index (χ2v) is 4.89. The van der Waals surface area contributed by atoms with Crippen molar-refractivity contribution in [2.24, 2.45) is 0 Å². The molecule has 0 aliphatic heterocycles. The highest BCUT2D eigenvalue weighted by Crippen LogP contribution is 2.25. The number of halogens is 1. The Balaban J connectivity index is 2.69. The number of hydrogen-bond donors (Lipinski definition) is 2. The van der Waals surface area contributed by atoms with Gasteiger partial charge >= 0.3 is 0 Å². The average molecular weight is 303 g/mol. The largest absolute Gasteiger partial charge is 0.493 e. The fourth-order valence-corrected chi connectivity index (χ4v) is 1.92. The highest BCUT2D eigenvalue weighted by atomic mass is 79.9. The number of benzene rings is 1. The third-order valence-corrected chi connectivity index (χ3v) is 2.94. The van der Waals surface area contributed by atoms with Crippen LogP contribution in [-0.4, -0.2) is 29.5 Å². The van der Waals surface area contributed by atoms with Crippen molar-refractivity contribution in [1.29, 1.82) is 0 Å². The van der Waals surface area contributed by atoms with Crippen molar-refractivity contribution in [1.82, 2.24) is 0 Å². The molecule has 0 saturated carbocycles. The van der Waals surface area contributed by atoms with Crippen LogP contribution in [0.3, 0.4) is 0 Å². The van der Waals surface area contributed by atoms with Gasteiger partial charge in [0.25, 0.3) is 0 Å². The molecule has 0 amide bonds. The molecule has 1 unspecified atom stereocenters. The minimum absolute atomic E-state index is 0.195. The monoisotopic (exact) mass is 302 g/mol. The van der Waals surface area contributed by atoms with Crippen LogP contribution in [-0.2, 0) is 6.42 Å². The number of aliphatic hydroxyl groups excluding tert-OH is 2. The minimum atomic E-state index is -0.659. The molecular formula is C13H19BrO3. The molecule has 17 heavy (non-hydrogen) atoms. The molecule has 0 bridgehead atoms. The smallest absolute Gasteiger partial charge is 0.122 e. The van der Waals surface area contributed by atoms with E-state index in [1.54, 1.807) is 0 Å². The second-order valence-electron chi connectivity index (χ2n) is 3.98. The summed E-state index contributed by atoms with van der Waals surface area (Å²) in [5, 5.41) is 18.1. The van der Waals surface area contributed by atoms with Gasteiger partial charge in [-0.25, -0.2) is 0 Å². The van der Waals surface area contributed by atoms with Gasteiger partial charge in [0.05, 0.1) is 19.3 Å². The van der Waals surface area contributed by atoms with Crippen LogP contribution in [0, 0.1) is 0 Å². The maximum atomic E-state index is 9.35. The van der Waals surface area contributed by atoms with E-state index >= 15 is 0 Å². The zero-order valence-corrected chi connectivity index (χ0v) is 11.6. The average Bonchev–Trinajstić information content (AvgIpc) is 2.34. The first-order valence-corrected chi connectivity index (χ1v) is 6.66. The zero-order chi connectivity index (χ0) is 12.7. The summed E-state index contributed by atoms with van der Waals surface area (Å²) in [5.74, 6) is 0.861. The minimum Gasteiger partial charge on any atom is -0.493 e. The Morgan fingerprint density at radius 2 is 2.18 bits per heavy atom. The SMILES string of the molecule is CCCOc1ccc(Br)cc1CCC(O)CO. The van der Waals surface area contributed by atoms with Crippen LogP contribution in [0.2, 0.25) is 0 Å². The predicted octanol–water partition coefficient (Wildman–Crippen LogP) is 2.52. The molecule has 0 aliphatic carbocycles. The molecule has 0 spiro atoms. The van der Waals surface area contributed by atoms with Gasteiger partial charge in [-0.1, -0.05) is 22.9 Å². The molecule has 0 aromatic heterocycles. The Labute approximate surface area is 111 Å². The van der Waals surface area contributed by atoms with E-state index in [1.165, 1.54) is 0 Å². The van der Waals surface area contributed by atoms with E-state index in [4.69, 9.17) is 9.84 Å². The highest BCUT2D eigenvalue weighted by Gasteiger charge is 2.08. The Morgan fingerprint density at radius 3 is 2.82 bits per heavy atom. The summed E-state index contributed by atoms with van der Waals surface area (Å²) >= 11 is 3.42. The lowest BCUT2D eigenvalue weighted by Crippen LogP contribution is -2.13. The van der Waals surface area contributed by atoms with Crippen LogP contribution < -0.4 is 4.74 Å². The molecule has 3 nitrogen and oxygen atoms in total. The lowest BCUT2D eigenvalue weighted by molar-refractivity contribution is 0.0884. The van der Waals surface area contributed by atoms with Crippen LogP contribution in [0.15, 0.2) is 22.7 Å². The van der Waals surface area contributed by atoms with E-state index in [9.17, 15) is 5.11 Å². The van der Waals surface area contributed by atoms with E-state index in [2.05, 4.69) is 22.9 Å². The summed E-state index contributed by atoms with van der Waals surface area (Å²) in [5.41, 5.74) is 1.06. The van der Waals surface area contributed by atoms with E-state index in [-0.39, 0.29) is 6.61 Å². The summed E-state index contributed by atoms with van der Waals surface area (Å²) in [6.07, 6.45) is 1.54. The Kier molecular flexibility index (Phi) is 6.55. The van der Waals surface area contributed by atoms with Crippen LogP contribution in [0.4, 0.5) is 0 Å². The van der Waals surface area contributed by atoms with E-state index in [1.807, 2.05) is 18.2 Å². The summed E-state index contributed by atoms with van der Waals surface area (Å²) in [6, 6.07) is 5.87. The van der Waals surface area contributed by atoms with Gasteiger partial charge in [0, 0.05) is 4.47 Å². The molecule has 4 heteroatoms. The number of aryl methyl sites for hydroxylation is 1. The number of rotatable bonds is 7. The first-order valence-electron chi connectivity index (χ1n) is 5.87. The van der Waals surface area contributed by atoms with Crippen LogP contribution in [0.5, 0.6) is 5.75 Å². The molecular weight excluding hydrogens is 284 g/mol.